The largest absolute Gasteiger partial charge is 0.491 e. The van der Waals surface area contributed by atoms with Gasteiger partial charge in [0.05, 0.1) is 13.7 Å². The molecule has 1 rings (SSSR count). The van der Waals surface area contributed by atoms with E-state index >= 15 is 0 Å². The summed E-state index contributed by atoms with van der Waals surface area (Å²) in [5, 5.41) is 3.11. The molecule has 0 amide bonds. The summed E-state index contributed by atoms with van der Waals surface area (Å²) in [4.78, 5) is 11.6. The van der Waals surface area contributed by atoms with Crippen LogP contribution in [0.5, 0.6) is 5.75 Å². The lowest BCUT2D eigenvalue weighted by Gasteiger charge is -2.17. The lowest BCUT2D eigenvalue weighted by molar-refractivity contribution is -0.143. The first-order valence-corrected chi connectivity index (χ1v) is 7.23. The molecule has 0 bridgehead atoms. The Bertz CT molecular complexity index is 405. The molecule has 5 heteroatoms. The number of carbonyl (C=O) groups is 1. The lowest BCUT2D eigenvalue weighted by Crippen LogP contribution is -2.42. The molecule has 0 fully saturated rings. The van der Waals surface area contributed by atoms with Gasteiger partial charge >= 0.3 is 5.97 Å². The van der Waals surface area contributed by atoms with Gasteiger partial charge in [0.15, 0.2) is 0 Å². The van der Waals surface area contributed by atoms with Crippen molar-refractivity contribution in [1.82, 2.24) is 5.32 Å². The van der Waals surface area contributed by atoms with Gasteiger partial charge < -0.3 is 19.5 Å². The summed E-state index contributed by atoms with van der Waals surface area (Å²) >= 11 is 0. The zero-order valence-electron chi connectivity index (χ0n) is 13.1. The third-order valence-electron chi connectivity index (χ3n) is 3.06. The van der Waals surface area contributed by atoms with Crippen molar-refractivity contribution < 1.29 is 19.0 Å². The van der Waals surface area contributed by atoms with Crippen molar-refractivity contribution >= 4 is 5.97 Å². The molecule has 1 aromatic carbocycles. The van der Waals surface area contributed by atoms with E-state index in [1.807, 2.05) is 31.2 Å². The van der Waals surface area contributed by atoms with Crippen LogP contribution in [-0.2, 0) is 20.7 Å². The van der Waals surface area contributed by atoms with Crippen LogP contribution in [0.3, 0.4) is 0 Å². The van der Waals surface area contributed by atoms with E-state index < -0.39 is 6.04 Å². The Morgan fingerprint density at radius 1 is 1.24 bits per heavy atom. The maximum atomic E-state index is 11.6. The zero-order valence-corrected chi connectivity index (χ0v) is 13.1. The van der Waals surface area contributed by atoms with Crippen LogP contribution in [0.25, 0.3) is 0 Å². The van der Waals surface area contributed by atoms with Gasteiger partial charge in [0.2, 0.25) is 0 Å². The fraction of sp³-hybridized carbons (Fsp3) is 0.562. The van der Waals surface area contributed by atoms with Gasteiger partial charge in [-0.15, -0.1) is 0 Å². The molecule has 21 heavy (non-hydrogen) atoms. The normalized spacial score (nSPS) is 12.0. The van der Waals surface area contributed by atoms with E-state index in [0.29, 0.717) is 6.61 Å². The van der Waals surface area contributed by atoms with Crippen LogP contribution in [0.2, 0.25) is 0 Å². The molecule has 0 saturated heterocycles. The number of hydrogen-bond acceptors (Lipinski definition) is 5. The SMILES string of the molecule is CCCNC(COc1ccc(CCOC)cc1)C(=O)OC. The number of methoxy groups -OCH3 is 2. The minimum atomic E-state index is -0.442. The highest BCUT2D eigenvalue weighted by Crippen LogP contribution is 2.13. The second kappa shape index (κ2) is 10.2. The van der Waals surface area contributed by atoms with Gasteiger partial charge in [-0.3, -0.25) is 4.79 Å². The van der Waals surface area contributed by atoms with Crippen molar-refractivity contribution in [3.8, 4) is 5.75 Å². The van der Waals surface area contributed by atoms with Crippen LogP contribution in [-0.4, -0.2) is 46.0 Å². The van der Waals surface area contributed by atoms with Crippen molar-refractivity contribution in [2.45, 2.75) is 25.8 Å². The highest BCUT2D eigenvalue weighted by Gasteiger charge is 2.18. The molecule has 0 aliphatic rings. The summed E-state index contributed by atoms with van der Waals surface area (Å²) in [6.07, 6.45) is 1.82. The Labute approximate surface area is 126 Å². The van der Waals surface area contributed by atoms with Gasteiger partial charge in [0.25, 0.3) is 0 Å². The van der Waals surface area contributed by atoms with Crippen molar-refractivity contribution in [2.75, 3.05) is 34.0 Å². The predicted octanol–water partition coefficient (Wildman–Crippen LogP) is 1.80. The van der Waals surface area contributed by atoms with Gasteiger partial charge in [-0.05, 0) is 37.1 Å². The molecule has 0 aliphatic heterocycles. The summed E-state index contributed by atoms with van der Waals surface area (Å²) in [7, 11) is 3.07. The fourth-order valence-electron chi connectivity index (χ4n) is 1.82. The Hall–Kier alpha value is -1.59. The Morgan fingerprint density at radius 3 is 2.52 bits per heavy atom. The van der Waals surface area contributed by atoms with E-state index in [4.69, 9.17) is 14.2 Å². The predicted molar refractivity (Wildman–Crippen MR) is 81.6 cm³/mol. The van der Waals surface area contributed by atoms with E-state index in [0.717, 1.165) is 25.1 Å². The molecule has 0 spiro atoms. The van der Waals surface area contributed by atoms with Gasteiger partial charge in [-0.1, -0.05) is 19.1 Å². The van der Waals surface area contributed by atoms with Crippen LogP contribution in [0, 0.1) is 0 Å². The minimum absolute atomic E-state index is 0.254. The summed E-state index contributed by atoms with van der Waals surface area (Å²) < 4.78 is 15.5. The number of hydrogen-bond donors (Lipinski definition) is 1. The van der Waals surface area contributed by atoms with E-state index in [-0.39, 0.29) is 12.6 Å². The summed E-state index contributed by atoms with van der Waals surface area (Å²) in [6.45, 7) is 3.75. The molecule has 1 unspecified atom stereocenters. The van der Waals surface area contributed by atoms with Gasteiger partial charge in [-0.2, -0.15) is 0 Å². The van der Waals surface area contributed by atoms with Crippen LogP contribution in [0.15, 0.2) is 24.3 Å². The molecule has 1 N–H and O–H groups in total. The van der Waals surface area contributed by atoms with Gasteiger partial charge in [-0.25, -0.2) is 0 Å². The smallest absolute Gasteiger partial charge is 0.326 e. The average Bonchev–Trinajstić information content (AvgIpc) is 2.53. The van der Waals surface area contributed by atoms with E-state index in [1.165, 1.54) is 12.7 Å². The topological polar surface area (TPSA) is 56.8 Å². The van der Waals surface area contributed by atoms with E-state index in [1.54, 1.807) is 7.11 Å². The van der Waals surface area contributed by atoms with Crippen LogP contribution in [0.1, 0.15) is 18.9 Å². The molecular weight excluding hydrogens is 270 g/mol. The third kappa shape index (κ3) is 6.60. The first-order chi connectivity index (χ1) is 10.2. The van der Waals surface area contributed by atoms with Crippen LogP contribution >= 0.6 is 0 Å². The molecular formula is C16H25NO4. The van der Waals surface area contributed by atoms with E-state index in [9.17, 15) is 4.79 Å². The van der Waals surface area contributed by atoms with Crippen molar-refractivity contribution in [3.05, 3.63) is 29.8 Å². The Balaban J connectivity index is 2.48. The molecule has 0 saturated carbocycles. The molecule has 5 nitrogen and oxygen atoms in total. The highest BCUT2D eigenvalue weighted by molar-refractivity contribution is 5.75. The second-order valence-electron chi connectivity index (χ2n) is 4.73. The number of esters is 1. The maximum Gasteiger partial charge on any atom is 0.326 e. The molecule has 118 valence electrons. The van der Waals surface area contributed by atoms with Crippen LogP contribution in [0.4, 0.5) is 0 Å². The first-order valence-electron chi connectivity index (χ1n) is 7.23. The fourth-order valence-corrected chi connectivity index (χ4v) is 1.82. The number of ether oxygens (including phenoxy) is 3. The molecule has 1 aromatic rings. The second-order valence-corrected chi connectivity index (χ2v) is 4.73. The number of rotatable bonds is 10. The van der Waals surface area contributed by atoms with Crippen molar-refractivity contribution in [3.63, 3.8) is 0 Å². The highest BCUT2D eigenvalue weighted by atomic mass is 16.5. The van der Waals surface area contributed by atoms with E-state index in [2.05, 4.69) is 5.32 Å². The zero-order chi connectivity index (χ0) is 15.5. The summed E-state index contributed by atoms with van der Waals surface area (Å²) in [5.41, 5.74) is 1.19. The quantitative estimate of drug-likeness (QED) is 0.667. The molecule has 0 aliphatic carbocycles. The first kappa shape index (κ1) is 17.5. The van der Waals surface area contributed by atoms with Crippen LogP contribution < -0.4 is 10.1 Å². The summed E-state index contributed by atoms with van der Waals surface area (Å²) in [5.74, 6) is 0.434. The average molecular weight is 295 g/mol. The summed E-state index contributed by atoms with van der Waals surface area (Å²) in [6, 6.07) is 7.36. The standard InChI is InChI=1S/C16H25NO4/c1-4-10-17-15(16(18)20-3)12-21-14-7-5-13(6-8-14)9-11-19-2/h5-8,15,17H,4,9-12H2,1-3H3. The van der Waals surface area contributed by atoms with Gasteiger partial charge in [0, 0.05) is 7.11 Å². The minimum Gasteiger partial charge on any atom is -0.491 e. The molecule has 0 aromatic heterocycles. The number of carbonyl (C=O) groups excluding carboxylic acids is 1. The van der Waals surface area contributed by atoms with Gasteiger partial charge in [0.1, 0.15) is 18.4 Å². The third-order valence-corrected chi connectivity index (χ3v) is 3.06. The maximum absolute atomic E-state index is 11.6. The van der Waals surface area contributed by atoms with Crippen molar-refractivity contribution in [2.24, 2.45) is 0 Å². The number of nitrogens with one attached hydrogen (secondary N) is 1. The molecule has 1 atom stereocenters. The molecule has 0 radical (unpaired) electrons. The van der Waals surface area contributed by atoms with Crippen molar-refractivity contribution in [1.29, 1.82) is 0 Å². The Kier molecular flexibility index (Phi) is 8.47. The lowest BCUT2D eigenvalue weighted by atomic mass is 10.1. The Morgan fingerprint density at radius 2 is 1.95 bits per heavy atom. The number of benzene rings is 1. The molecule has 0 heterocycles. The monoisotopic (exact) mass is 295 g/mol.